The van der Waals surface area contributed by atoms with Gasteiger partial charge in [-0.3, -0.25) is 0 Å². The number of aromatic amines is 1. The minimum atomic E-state index is 0.742. The van der Waals surface area contributed by atoms with Crippen molar-refractivity contribution in [3.05, 3.63) is 267 Å². The molecule has 0 bridgehead atoms. The van der Waals surface area contributed by atoms with Gasteiger partial charge >= 0.3 is 0 Å². The average molecular weight is 965 g/mol. The van der Waals surface area contributed by atoms with Gasteiger partial charge in [-0.1, -0.05) is 133 Å². The number of ether oxygens (including phenoxy) is 1. The second-order valence-electron chi connectivity index (χ2n) is 18.8. The van der Waals surface area contributed by atoms with Crippen LogP contribution in [0.4, 0.5) is 34.1 Å². The highest BCUT2D eigenvalue weighted by Gasteiger charge is 2.23. The molecule has 0 atom stereocenters. The lowest BCUT2D eigenvalue weighted by atomic mass is 9.97. The van der Waals surface area contributed by atoms with Crippen molar-refractivity contribution in [1.29, 1.82) is 0 Å². The van der Waals surface area contributed by atoms with E-state index in [-0.39, 0.29) is 0 Å². The maximum Gasteiger partial charge on any atom is 0.144 e. The van der Waals surface area contributed by atoms with Gasteiger partial charge in [-0.15, -0.1) is 0 Å². The molecule has 356 valence electrons. The van der Waals surface area contributed by atoms with Crippen LogP contribution in [-0.4, -0.2) is 26.2 Å². The van der Waals surface area contributed by atoms with E-state index in [9.17, 15) is 0 Å². The monoisotopic (exact) mass is 964 g/mol. The van der Waals surface area contributed by atoms with Gasteiger partial charge in [-0.2, -0.15) is 0 Å². The maximum absolute atomic E-state index is 5.85. The zero-order valence-corrected chi connectivity index (χ0v) is 41.0. The Morgan fingerprint density at radius 2 is 0.800 bits per heavy atom. The van der Waals surface area contributed by atoms with Crippen LogP contribution >= 0.6 is 0 Å². The lowest BCUT2D eigenvalue weighted by Gasteiger charge is -2.27. The molecule has 7 nitrogen and oxygen atoms in total. The van der Waals surface area contributed by atoms with Crippen LogP contribution in [0.3, 0.4) is 0 Å². The number of anilines is 6. The van der Waals surface area contributed by atoms with Gasteiger partial charge in [0.1, 0.15) is 17.1 Å². The van der Waals surface area contributed by atoms with E-state index in [2.05, 4.69) is 273 Å². The van der Waals surface area contributed by atoms with Gasteiger partial charge in [0.25, 0.3) is 0 Å². The Labute approximate surface area is 434 Å². The van der Waals surface area contributed by atoms with Crippen molar-refractivity contribution in [2.75, 3.05) is 16.9 Å². The quantitative estimate of drug-likeness (QED) is 0.140. The third-order valence-corrected chi connectivity index (χ3v) is 14.5. The number of para-hydroxylation sites is 7. The van der Waals surface area contributed by atoms with E-state index in [0.29, 0.717) is 0 Å². The summed E-state index contributed by atoms with van der Waals surface area (Å²) < 4.78 is 10.6. The molecule has 75 heavy (non-hydrogen) atoms. The highest BCUT2D eigenvalue weighted by atomic mass is 16.5. The highest BCUT2D eigenvalue weighted by molar-refractivity contribution is 6.12. The number of imidazole rings is 1. The van der Waals surface area contributed by atoms with Crippen LogP contribution in [0.2, 0.25) is 0 Å². The molecular weight excluding hydrogens is 917 g/mol. The van der Waals surface area contributed by atoms with Crippen LogP contribution in [0, 0.1) is 0 Å². The van der Waals surface area contributed by atoms with E-state index in [0.717, 1.165) is 95.8 Å². The first-order valence-corrected chi connectivity index (χ1v) is 25.3. The first-order chi connectivity index (χ1) is 37.2. The molecule has 0 unspecified atom stereocenters. The number of methoxy groups -OCH3 is 1. The number of nitrogens with one attached hydrogen (secondary N) is 1. The van der Waals surface area contributed by atoms with E-state index in [1.807, 2.05) is 18.2 Å². The zero-order valence-electron chi connectivity index (χ0n) is 41.0. The second-order valence-corrected chi connectivity index (χ2v) is 18.8. The van der Waals surface area contributed by atoms with Crippen LogP contribution in [-0.2, 0) is 0 Å². The van der Waals surface area contributed by atoms with Crippen molar-refractivity contribution in [3.8, 4) is 39.6 Å². The summed E-state index contributed by atoms with van der Waals surface area (Å²) in [7, 11) is 1.70. The molecule has 0 saturated carbocycles. The molecule has 0 aliphatic heterocycles. The molecule has 7 heteroatoms. The largest absolute Gasteiger partial charge is 0.494 e. The minimum absolute atomic E-state index is 0.742. The summed E-state index contributed by atoms with van der Waals surface area (Å²) in [4.78, 5) is 13.6. The van der Waals surface area contributed by atoms with E-state index >= 15 is 0 Å². The van der Waals surface area contributed by atoms with Crippen LogP contribution in [0.5, 0.6) is 5.75 Å². The highest BCUT2D eigenvalue weighted by Crippen LogP contribution is 2.45. The molecule has 0 fully saturated rings. The van der Waals surface area contributed by atoms with Crippen molar-refractivity contribution in [2.24, 2.45) is 0 Å². The van der Waals surface area contributed by atoms with Crippen LogP contribution in [0.15, 0.2) is 267 Å². The molecule has 14 aromatic rings. The summed E-state index contributed by atoms with van der Waals surface area (Å²) >= 11 is 0. The summed E-state index contributed by atoms with van der Waals surface area (Å²) in [6.07, 6.45) is 0. The molecule has 14 rings (SSSR count). The van der Waals surface area contributed by atoms with Crippen molar-refractivity contribution in [3.63, 3.8) is 0 Å². The van der Waals surface area contributed by atoms with Gasteiger partial charge in [-0.05, 0) is 145 Å². The van der Waals surface area contributed by atoms with Gasteiger partial charge < -0.3 is 28.7 Å². The predicted molar refractivity (Wildman–Crippen MR) is 312 cm³/mol. The Morgan fingerprint density at radius 3 is 1.35 bits per heavy atom. The zero-order chi connectivity index (χ0) is 49.8. The Bertz CT molecular complexity index is 4390. The van der Waals surface area contributed by atoms with Crippen molar-refractivity contribution in [2.45, 2.75) is 0 Å². The van der Waals surface area contributed by atoms with Crippen LogP contribution in [0.25, 0.3) is 88.5 Å². The molecule has 0 aliphatic carbocycles. The molecule has 3 aromatic heterocycles. The number of hydrogen-bond donors (Lipinski definition) is 1. The molecule has 0 spiro atoms. The number of aromatic nitrogens is 4. The molecular formula is C68H48N6O. The third-order valence-electron chi connectivity index (χ3n) is 14.5. The van der Waals surface area contributed by atoms with Crippen molar-refractivity contribution in [1.82, 2.24) is 19.1 Å². The third kappa shape index (κ3) is 7.48. The number of benzene rings is 11. The fourth-order valence-electron chi connectivity index (χ4n) is 11.2. The lowest BCUT2D eigenvalue weighted by molar-refractivity contribution is 0.419. The van der Waals surface area contributed by atoms with Crippen LogP contribution in [0.1, 0.15) is 0 Å². The first-order valence-electron chi connectivity index (χ1n) is 25.3. The normalized spacial score (nSPS) is 11.5. The summed E-state index contributed by atoms with van der Waals surface area (Å²) in [6, 6.07) is 95.2. The maximum atomic E-state index is 5.85. The number of fused-ring (bicyclic) bond motifs is 7. The lowest BCUT2D eigenvalue weighted by Crippen LogP contribution is -2.10. The van der Waals surface area contributed by atoms with Crippen molar-refractivity contribution >= 4 is 88.8 Å². The molecule has 11 aromatic carbocycles. The van der Waals surface area contributed by atoms with Crippen molar-refractivity contribution < 1.29 is 4.74 Å². The molecule has 1 N–H and O–H groups in total. The smallest absolute Gasteiger partial charge is 0.144 e. The summed E-state index contributed by atoms with van der Waals surface area (Å²) in [5.74, 6) is 1.49. The van der Waals surface area contributed by atoms with Gasteiger partial charge in [0, 0.05) is 72.6 Å². The Kier molecular flexibility index (Phi) is 10.6. The van der Waals surface area contributed by atoms with E-state index < -0.39 is 0 Å². The second kappa shape index (κ2) is 18.2. The van der Waals surface area contributed by atoms with Gasteiger partial charge in [0.15, 0.2) is 0 Å². The minimum Gasteiger partial charge on any atom is -0.494 e. The summed E-state index contributed by atoms with van der Waals surface area (Å²) in [5, 5.41) is 4.78. The summed E-state index contributed by atoms with van der Waals surface area (Å²) in [6.45, 7) is 0. The predicted octanol–water partition coefficient (Wildman–Crippen LogP) is 18.0. The topological polar surface area (TPSA) is 54.2 Å². The molecule has 0 aliphatic rings. The number of nitrogens with zero attached hydrogens (tertiary/aromatic N) is 5. The molecule has 3 heterocycles. The molecule has 0 radical (unpaired) electrons. The Hall–Kier alpha value is -10.1. The van der Waals surface area contributed by atoms with Gasteiger partial charge in [0.2, 0.25) is 0 Å². The first kappa shape index (κ1) is 43.7. The Morgan fingerprint density at radius 1 is 0.360 bits per heavy atom. The van der Waals surface area contributed by atoms with Gasteiger partial charge in [-0.25, -0.2) is 4.98 Å². The van der Waals surface area contributed by atoms with E-state index in [1.165, 1.54) is 32.6 Å². The summed E-state index contributed by atoms with van der Waals surface area (Å²) in [5.41, 5.74) is 17.9. The molecule has 0 saturated heterocycles. The standard InChI is InChI=1S/C68H48N6O/c1-75-66-32-18-29-61-67(66)70-68(69-61)60-45-52(72(48-21-8-3-9-22-48)54-39-42-65-59(44-54)57-28-15-17-31-63(57)74(65)50-25-12-5-13-26-50)37-40-55(60)46-33-35-51(36-34-46)71(47-19-6-2-7-20-47)53-38-41-64-58(43-53)56-27-14-16-30-62(56)73(64)49-23-10-4-11-24-49/h2-45H,1H3,(H,69,70). The molecule has 0 amide bonds. The fourth-order valence-corrected chi connectivity index (χ4v) is 11.2. The van der Waals surface area contributed by atoms with Crippen LogP contribution < -0.4 is 14.5 Å². The number of hydrogen-bond acceptors (Lipinski definition) is 4. The fraction of sp³-hybridized carbons (Fsp3) is 0.0147. The van der Waals surface area contributed by atoms with E-state index in [4.69, 9.17) is 9.72 Å². The number of H-pyrrole nitrogens is 1. The Balaban J connectivity index is 0.915. The van der Waals surface area contributed by atoms with E-state index in [1.54, 1.807) is 7.11 Å². The number of rotatable bonds is 11. The SMILES string of the molecule is COc1cccc2nc(-c3cc(N(c4ccccc4)c4ccc5c(c4)c4ccccc4n5-c4ccccc4)ccc3-c3ccc(N(c4ccccc4)c4ccc5c(c4)c4ccccc4n5-c4ccccc4)cc3)[nH]c12. The average Bonchev–Trinajstić information content (AvgIpc) is 4.19. The van der Waals surface area contributed by atoms with Gasteiger partial charge in [0.05, 0.1) is 34.7 Å².